The number of carbonyl (C=O) groups is 2. The summed E-state index contributed by atoms with van der Waals surface area (Å²) in [5, 5.41) is 6.95. The summed E-state index contributed by atoms with van der Waals surface area (Å²) in [4.78, 5) is 24.6. The van der Waals surface area contributed by atoms with Crippen LogP contribution in [0.3, 0.4) is 0 Å². The minimum atomic E-state index is -1.04. The number of rotatable bonds is 5. The van der Waals surface area contributed by atoms with Crippen molar-refractivity contribution < 1.29 is 23.1 Å². The van der Waals surface area contributed by atoms with Gasteiger partial charge in [-0.15, -0.1) is 0 Å². The fraction of sp³-hybridized carbons (Fsp3) is 0.250. The van der Waals surface area contributed by atoms with Gasteiger partial charge < -0.3 is 14.5 Å². The highest BCUT2D eigenvalue weighted by Crippen LogP contribution is 2.23. The first-order valence-electron chi connectivity index (χ1n) is 8.64. The molecule has 0 unspecified atom stereocenters. The maximum Gasteiger partial charge on any atom is 0.375 e. The average molecular weight is 385 g/mol. The van der Waals surface area contributed by atoms with E-state index in [1.807, 2.05) is 6.92 Å². The number of nitrogens with one attached hydrogen (secondary N) is 1. The first-order valence-corrected chi connectivity index (χ1v) is 8.64. The summed E-state index contributed by atoms with van der Waals surface area (Å²) in [5.74, 6) is -1.26. The van der Waals surface area contributed by atoms with Crippen LogP contribution in [-0.2, 0) is 16.6 Å². The monoisotopic (exact) mass is 385 g/mol. The van der Waals surface area contributed by atoms with Crippen LogP contribution < -0.4 is 5.32 Å². The Kier molecular flexibility index (Phi) is 5.30. The number of amides is 1. The van der Waals surface area contributed by atoms with Crippen LogP contribution in [0.25, 0.3) is 11.3 Å². The maximum atomic E-state index is 13.0. The topological polar surface area (TPSA) is 86.4 Å². The Labute approximate surface area is 161 Å². The van der Waals surface area contributed by atoms with Crippen molar-refractivity contribution in [2.24, 2.45) is 7.05 Å². The lowest BCUT2D eigenvalue weighted by Crippen LogP contribution is -2.30. The zero-order valence-electron chi connectivity index (χ0n) is 15.9. The van der Waals surface area contributed by atoms with Crippen molar-refractivity contribution in [2.75, 3.05) is 5.32 Å². The molecule has 0 aliphatic heterocycles. The fourth-order valence-corrected chi connectivity index (χ4v) is 2.67. The molecule has 0 saturated heterocycles. The number of aryl methyl sites for hydroxylation is 2. The molecular formula is C20H20FN3O4. The maximum absolute atomic E-state index is 13.0. The molecule has 1 N–H and O–H groups in total. The van der Waals surface area contributed by atoms with E-state index in [-0.39, 0.29) is 11.6 Å². The Hall–Kier alpha value is -3.42. The van der Waals surface area contributed by atoms with Gasteiger partial charge in [-0.25, -0.2) is 9.18 Å². The molecule has 3 rings (SSSR count). The number of benzene rings is 1. The Bertz CT molecular complexity index is 1020. The largest absolute Gasteiger partial charge is 0.449 e. The average Bonchev–Trinajstić information content (AvgIpc) is 3.23. The van der Waals surface area contributed by atoms with E-state index < -0.39 is 18.0 Å². The third-order valence-corrected chi connectivity index (χ3v) is 4.35. The van der Waals surface area contributed by atoms with Crippen LogP contribution in [0, 0.1) is 19.7 Å². The lowest BCUT2D eigenvalue weighted by molar-refractivity contribution is -0.123. The van der Waals surface area contributed by atoms with Crippen LogP contribution in [-0.4, -0.2) is 27.8 Å². The molecule has 0 radical (unpaired) electrons. The zero-order valence-corrected chi connectivity index (χ0v) is 15.9. The molecule has 0 bridgehead atoms. The lowest BCUT2D eigenvalue weighted by atomic mass is 10.2. The van der Waals surface area contributed by atoms with Gasteiger partial charge in [0.05, 0.1) is 17.1 Å². The van der Waals surface area contributed by atoms with Crippen molar-refractivity contribution >= 4 is 17.6 Å². The molecule has 1 atom stereocenters. The molecule has 3 aromatic rings. The highest BCUT2D eigenvalue weighted by atomic mass is 19.1. The SMILES string of the molecule is Cc1nn(C)c(C)c1NC(=O)[C@H](C)OC(=O)c1ccc(-c2ccc(F)cc2)o1. The van der Waals surface area contributed by atoms with Crippen molar-refractivity contribution in [1.82, 2.24) is 9.78 Å². The summed E-state index contributed by atoms with van der Waals surface area (Å²) >= 11 is 0. The van der Waals surface area contributed by atoms with Crippen LogP contribution >= 0.6 is 0 Å². The molecule has 1 aromatic carbocycles. The second-order valence-electron chi connectivity index (χ2n) is 6.38. The van der Waals surface area contributed by atoms with Crippen molar-refractivity contribution in [2.45, 2.75) is 26.9 Å². The van der Waals surface area contributed by atoms with E-state index in [1.165, 1.54) is 37.3 Å². The van der Waals surface area contributed by atoms with Gasteiger partial charge in [0.2, 0.25) is 5.76 Å². The number of ether oxygens (including phenoxy) is 1. The van der Waals surface area contributed by atoms with Gasteiger partial charge in [-0.1, -0.05) is 0 Å². The fourth-order valence-electron chi connectivity index (χ4n) is 2.67. The quantitative estimate of drug-likeness (QED) is 0.678. The normalized spacial score (nSPS) is 11.9. The molecule has 0 fully saturated rings. The number of halogens is 1. The summed E-state index contributed by atoms with van der Waals surface area (Å²) in [7, 11) is 1.77. The number of aromatic nitrogens is 2. The van der Waals surface area contributed by atoms with Crippen LogP contribution in [0.2, 0.25) is 0 Å². The first kappa shape index (κ1) is 19.3. The van der Waals surface area contributed by atoms with Crippen molar-refractivity contribution in [3.8, 4) is 11.3 Å². The molecule has 2 aromatic heterocycles. The highest BCUT2D eigenvalue weighted by Gasteiger charge is 2.23. The van der Waals surface area contributed by atoms with Gasteiger partial charge in [-0.05, 0) is 57.2 Å². The smallest absolute Gasteiger partial charge is 0.375 e. The van der Waals surface area contributed by atoms with E-state index in [2.05, 4.69) is 10.4 Å². The second kappa shape index (κ2) is 7.67. The molecule has 0 saturated carbocycles. The number of esters is 1. The molecule has 2 heterocycles. The molecular weight excluding hydrogens is 365 g/mol. The van der Waals surface area contributed by atoms with E-state index in [4.69, 9.17) is 9.15 Å². The standard InChI is InChI=1S/C20H20FN3O4/c1-11-18(12(2)24(4)23-11)22-19(25)13(3)27-20(26)17-10-9-16(28-17)14-5-7-15(21)8-6-14/h5-10,13H,1-4H3,(H,22,25)/t13-/m0/s1. The third kappa shape index (κ3) is 3.95. The lowest BCUT2D eigenvalue weighted by Gasteiger charge is -2.13. The molecule has 8 heteroatoms. The van der Waals surface area contributed by atoms with E-state index in [0.29, 0.717) is 22.7 Å². The molecule has 0 spiro atoms. The summed E-state index contributed by atoms with van der Waals surface area (Å²) in [6.07, 6.45) is -1.04. The van der Waals surface area contributed by atoms with E-state index in [0.717, 1.165) is 5.69 Å². The third-order valence-electron chi connectivity index (χ3n) is 4.35. The van der Waals surface area contributed by atoms with Gasteiger partial charge in [-0.3, -0.25) is 9.48 Å². The van der Waals surface area contributed by atoms with E-state index >= 15 is 0 Å². The summed E-state index contributed by atoms with van der Waals surface area (Å²) in [6.45, 7) is 5.07. The molecule has 28 heavy (non-hydrogen) atoms. The Morgan fingerprint density at radius 1 is 1.18 bits per heavy atom. The van der Waals surface area contributed by atoms with Gasteiger partial charge in [-0.2, -0.15) is 5.10 Å². The van der Waals surface area contributed by atoms with Crippen LogP contribution in [0.5, 0.6) is 0 Å². The molecule has 1 amide bonds. The molecule has 0 aliphatic rings. The first-order chi connectivity index (χ1) is 13.3. The number of hydrogen-bond donors (Lipinski definition) is 1. The van der Waals surface area contributed by atoms with Gasteiger partial charge >= 0.3 is 5.97 Å². The summed E-state index contributed by atoms with van der Waals surface area (Å²) < 4.78 is 25.3. The number of hydrogen-bond acceptors (Lipinski definition) is 5. The van der Waals surface area contributed by atoms with Crippen LogP contribution in [0.4, 0.5) is 10.1 Å². The molecule has 7 nitrogen and oxygen atoms in total. The second-order valence-corrected chi connectivity index (χ2v) is 6.38. The number of nitrogens with zero attached hydrogens (tertiary/aromatic N) is 2. The van der Waals surface area contributed by atoms with E-state index in [1.54, 1.807) is 24.7 Å². The predicted octanol–water partition coefficient (Wildman–Crippen LogP) is 3.62. The minimum Gasteiger partial charge on any atom is -0.449 e. The Morgan fingerprint density at radius 2 is 1.86 bits per heavy atom. The Balaban J connectivity index is 1.65. The molecule has 146 valence electrons. The zero-order chi connectivity index (χ0) is 20.4. The van der Waals surface area contributed by atoms with Crippen LogP contribution in [0.1, 0.15) is 28.9 Å². The number of carbonyl (C=O) groups excluding carboxylic acids is 2. The summed E-state index contributed by atoms with van der Waals surface area (Å²) in [6, 6.07) is 8.70. The van der Waals surface area contributed by atoms with Crippen molar-refractivity contribution in [1.29, 1.82) is 0 Å². The highest BCUT2D eigenvalue weighted by molar-refractivity contribution is 5.97. The van der Waals surface area contributed by atoms with Gasteiger partial charge in [0.15, 0.2) is 6.10 Å². The van der Waals surface area contributed by atoms with Gasteiger partial charge in [0, 0.05) is 12.6 Å². The van der Waals surface area contributed by atoms with Crippen molar-refractivity contribution in [3.63, 3.8) is 0 Å². The van der Waals surface area contributed by atoms with Crippen molar-refractivity contribution in [3.05, 3.63) is 59.4 Å². The molecule has 0 aliphatic carbocycles. The van der Waals surface area contributed by atoms with Gasteiger partial charge in [0.1, 0.15) is 11.6 Å². The summed E-state index contributed by atoms with van der Waals surface area (Å²) in [5.41, 5.74) is 2.67. The Morgan fingerprint density at radius 3 is 2.46 bits per heavy atom. The van der Waals surface area contributed by atoms with Crippen LogP contribution in [0.15, 0.2) is 40.8 Å². The number of anilines is 1. The number of furan rings is 1. The minimum absolute atomic E-state index is 0.0484. The predicted molar refractivity (Wildman–Crippen MR) is 100 cm³/mol. The van der Waals surface area contributed by atoms with Gasteiger partial charge in [0.25, 0.3) is 5.91 Å². The van der Waals surface area contributed by atoms with E-state index in [9.17, 15) is 14.0 Å².